The molecule has 2 fully saturated rings. The van der Waals surface area contributed by atoms with Crippen molar-refractivity contribution in [3.05, 3.63) is 0 Å². The summed E-state index contributed by atoms with van der Waals surface area (Å²) < 4.78 is 0. The molecule has 80 valence electrons. The van der Waals surface area contributed by atoms with Gasteiger partial charge in [0.1, 0.15) is 5.88 Å². The second-order valence-corrected chi connectivity index (χ2v) is 4.74. The maximum absolute atomic E-state index is 11.6. The fourth-order valence-corrected chi connectivity index (χ4v) is 3.16. The molecule has 0 unspecified atom stereocenters. The summed E-state index contributed by atoms with van der Waals surface area (Å²) in [6.45, 7) is 0.937. The predicted octanol–water partition coefficient (Wildman–Crippen LogP) is 2.41. The van der Waals surface area contributed by atoms with E-state index < -0.39 is 0 Å². The topological polar surface area (TPSA) is 20.3 Å². The van der Waals surface area contributed by atoms with E-state index in [0.29, 0.717) is 6.04 Å². The fourth-order valence-electron chi connectivity index (χ4n) is 3.01. The van der Waals surface area contributed by atoms with Gasteiger partial charge < -0.3 is 4.90 Å². The number of likely N-dealkylation sites (tertiary alicyclic amines) is 1. The molecule has 0 aromatic rings. The molecule has 0 bridgehead atoms. The smallest absolute Gasteiger partial charge is 0.237 e. The van der Waals surface area contributed by atoms with Crippen LogP contribution in [0.25, 0.3) is 0 Å². The highest BCUT2D eigenvalue weighted by atomic mass is 35.5. The molecule has 3 heteroatoms. The Morgan fingerprint density at radius 2 is 1.93 bits per heavy atom. The number of halogens is 1. The molecular weight excluding hydrogens is 198 g/mol. The molecule has 1 saturated heterocycles. The molecule has 0 N–H and O–H groups in total. The van der Waals surface area contributed by atoms with Crippen molar-refractivity contribution in [2.75, 3.05) is 12.4 Å². The fraction of sp³-hybridized carbons (Fsp3) is 0.909. The molecule has 14 heavy (non-hydrogen) atoms. The molecule has 0 aromatic heterocycles. The number of nitrogens with zero attached hydrogens (tertiary/aromatic N) is 1. The number of hydrogen-bond donors (Lipinski definition) is 0. The second kappa shape index (κ2) is 4.52. The Labute approximate surface area is 90.6 Å². The molecule has 0 spiro atoms. The van der Waals surface area contributed by atoms with Crippen LogP contribution in [-0.2, 0) is 4.79 Å². The molecule has 2 atom stereocenters. The van der Waals surface area contributed by atoms with E-state index in [1.165, 1.54) is 38.5 Å². The van der Waals surface area contributed by atoms with Gasteiger partial charge >= 0.3 is 0 Å². The monoisotopic (exact) mass is 215 g/mol. The van der Waals surface area contributed by atoms with Crippen LogP contribution in [0, 0.1) is 5.92 Å². The quantitative estimate of drug-likeness (QED) is 0.616. The first kappa shape index (κ1) is 10.3. The van der Waals surface area contributed by atoms with Crippen molar-refractivity contribution in [1.29, 1.82) is 0 Å². The summed E-state index contributed by atoms with van der Waals surface area (Å²) in [5, 5.41) is 0. The average Bonchev–Trinajstić information content (AvgIpc) is 2.27. The van der Waals surface area contributed by atoms with Crippen molar-refractivity contribution in [2.45, 2.75) is 44.6 Å². The molecule has 0 aromatic carbocycles. The summed E-state index contributed by atoms with van der Waals surface area (Å²) in [7, 11) is 0. The van der Waals surface area contributed by atoms with Crippen LogP contribution < -0.4 is 0 Å². The molecule has 1 amide bonds. The van der Waals surface area contributed by atoms with Crippen LogP contribution in [0.1, 0.15) is 38.5 Å². The number of piperidine rings is 1. The van der Waals surface area contributed by atoms with E-state index in [0.717, 1.165) is 12.5 Å². The number of amides is 1. The van der Waals surface area contributed by atoms with E-state index in [1.807, 2.05) is 4.90 Å². The SMILES string of the molecule is O=C(CCl)N1CCC[C@H]2CCCC[C@H]21. The predicted molar refractivity (Wildman–Crippen MR) is 57.4 cm³/mol. The van der Waals surface area contributed by atoms with Gasteiger partial charge in [-0.05, 0) is 31.6 Å². The lowest BCUT2D eigenvalue weighted by Crippen LogP contribution is -2.50. The molecule has 1 saturated carbocycles. The molecule has 2 nitrogen and oxygen atoms in total. The maximum Gasteiger partial charge on any atom is 0.237 e. The first-order valence-electron chi connectivity index (χ1n) is 5.68. The number of carbonyl (C=O) groups excluding carboxylic acids is 1. The lowest BCUT2D eigenvalue weighted by Gasteiger charge is -2.44. The Morgan fingerprint density at radius 1 is 1.21 bits per heavy atom. The number of hydrogen-bond acceptors (Lipinski definition) is 1. The van der Waals surface area contributed by atoms with Crippen molar-refractivity contribution in [3.63, 3.8) is 0 Å². The summed E-state index contributed by atoms with van der Waals surface area (Å²) in [5.74, 6) is 1.07. The first-order chi connectivity index (χ1) is 6.83. The number of fused-ring (bicyclic) bond motifs is 1. The van der Waals surface area contributed by atoms with Crippen molar-refractivity contribution in [2.24, 2.45) is 5.92 Å². The van der Waals surface area contributed by atoms with Crippen LogP contribution in [0.15, 0.2) is 0 Å². The van der Waals surface area contributed by atoms with Gasteiger partial charge in [-0.1, -0.05) is 12.8 Å². The molecule has 2 aliphatic rings. The summed E-state index contributed by atoms with van der Waals surface area (Å²) in [6, 6.07) is 0.517. The van der Waals surface area contributed by atoms with Gasteiger partial charge in [0, 0.05) is 12.6 Å². The van der Waals surface area contributed by atoms with Crippen molar-refractivity contribution in [3.8, 4) is 0 Å². The van der Waals surface area contributed by atoms with Gasteiger partial charge in [0.25, 0.3) is 0 Å². The summed E-state index contributed by atoms with van der Waals surface area (Å²) >= 11 is 5.63. The largest absolute Gasteiger partial charge is 0.338 e. The third kappa shape index (κ3) is 1.90. The molecule has 2 rings (SSSR count). The van der Waals surface area contributed by atoms with E-state index in [9.17, 15) is 4.79 Å². The average molecular weight is 216 g/mol. The third-order valence-corrected chi connectivity index (χ3v) is 3.91. The van der Waals surface area contributed by atoms with Crippen LogP contribution in [0.4, 0.5) is 0 Å². The maximum atomic E-state index is 11.6. The van der Waals surface area contributed by atoms with Gasteiger partial charge in [0.15, 0.2) is 0 Å². The van der Waals surface area contributed by atoms with Gasteiger partial charge in [-0.15, -0.1) is 11.6 Å². The summed E-state index contributed by atoms with van der Waals surface area (Å²) in [4.78, 5) is 13.7. The van der Waals surface area contributed by atoms with Crippen LogP contribution in [-0.4, -0.2) is 29.3 Å². The Balaban J connectivity index is 2.04. The second-order valence-electron chi connectivity index (χ2n) is 4.47. The highest BCUT2D eigenvalue weighted by molar-refractivity contribution is 6.27. The van der Waals surface area contributed by atoms with Gasteiger partial charge in [-0.2, -0.15) is 0 Å². The molecule has 1 heterocycles. The number of rotatable bonds is 1. The van der Waals surface area contributed by atoms with E-state index in [2.05, 4.69) is 0 Å². The number of alkyl halides is 1. The Hall–Kier alpha value is -0.240. The molecule has 0 radical (unpaired) electrons. The highest BCUT2D eigenvalue weighted by Crippen LogP contribution is 2.35. The minimum absolute atomic E-state index is 0.142. The Kier molecular flexibility index (Phi) is 3.32. The summed E-state index contributed by atoms with van der Waals surface area (Å²) in [5.41, 5.74) is 0. The highest BCUT2D eigenvalue weighted by Gasteiger charge is 2.34. The van der Waals surface area contributed by atoms with Crippen LogP contribution >= 0.6 is 11.6 Å². The van der Waals surface area contributed by atoms with Crippen LogP contribution in [0.3, 0.4) is 0 Å². The normalized spacial score (nSPS) is 32.5. The van der Waals surface area contributed by atoms with Gasteiger partial charge in [-0.25, -0.2) is 0 Å². The molecule has 1 aliphatic heterocycles. The Morgan fingerprint density at radius 3 is 2.71 bits per heavy atom. The zero-order valence-electron chi connectivity index (χ0n) is 8.54. The Bertz CT molecular complexity index is 217. The van der Waals surface area contributed by atoms with Crippen molar-refractivity contribution >= 4 is 17.5 Å². The standard InChI is InChI=1S/C11H18ClNO/c12-8-11(14)13-7-3-5-9-4-1-2-6-10(9)13/h9-10H,1-8H2/t9-,10-/m1/s1. The van der Waals surface area contributed by atoms with Crippen molar-refractivity contribution in [1.82, 2.24) is 4.90 Å². The lowest BCUT2D eigenvalue weighted by molar-refractivity contribution is -0.134. The first-order valence-corrected chi connectivity index (χ1v) is 6.22. The minimum atomic E-state index is 0.142. The van der Waals surface area contributed by atoms with Crippen LogP contribution in [0.2, 0.25) is 0 Å². The third-order valence-electron chi connectivity index (χ3n) is 3.68. The molecular formula is C11H18ClNO. The van der Waals surface area contributed by atoms with Gasteiger partial charge in [-0.3, -0.25) is 4.79 Å². The molecule has 1 aliphatic carbocycles. The van der Waals surface area contributed by atoms with Gasteiger partial charge in [0.05, 0.1) is 0 Å². The van der Waals surface area contributed by atoms with E-state index in [1.54, 1.807) is 0 Å². The zero-order valence-corrected chi connectivity index (χ0v) is 9.30. The van der Waals surface area contributed by atoms with Gasteiger partial charge in [0.2, 0.25) is 5.91 Å². The van der Waals surface area contributed by atoms with E-state index >= 15 is 0 Å². The van der Waals surface area contributed by atoms with Crippen LogP contribution in [0.5, 0.6) is 0 Å². The van der Waals surface area contributed by atoms with Crippen molar-refractivity contribution < 1.29 is 4.79 Å². The van der Waals surface area contributed by atoms with E-state index in [-0.39, 0.29) is 11.8 Å². The minimum Gasteiger partial charge on any atom is -0.338 e. The lowest BCUT2D eigenvalue weighted by atomic mass is 9.78. The number of carbonyl (C=O) groups is 1. The zero-order chi connectivity index (χ0) is 9.97. The summed E-state index contributed by atoms with van der Waals surface area (Å²) in [6.07, 6.45) is 7.64. The van der Waals surface area contributed by atoms with E-state index in [4.69, 9.17) is 11.6 Å².